The summed E-state index contributed by atoms with van der Waals surface area (Å²) in [5.41, 5.74) is 0. The first-order chi connectivity index (χ1) is 7.95. The van der Waals surface area contributed by atoms with Gasteiger partial charge in [0, 0.05) is 13.1 Å². The first-order valence-electron chi connectivity index (χ1n) is 5.28. The van der Waals surface area contributed by atoms with Gasteiger partial charge < -0.3 is 10.2 Å². The minimum Gasteiger partial charge on any atom is -0.360 e. The summed E-state index contributed by atoms with van der Waals surface area (Å²) in [4.78, 5) is 2.20. The highest BCUT2D eigenvalue weighted by molar-refractivity contribution is 7.15. The zero-order valence-corrected chi connectivity index (χ0v) is 10.1. The summed E-state index contributed by atoms with van der Waals surface area (Å²) in [6, 6.07) is 0. The monoisotopic (exact) mass is 266 g/mol. The summed E-state index contributed by atoms with van der Waals surface area (Å²) in [6.45, 7) is 2.66. The van der Waals surface area contributed by atoms with Gasteiger partial charge in [0.05, 0.1) is 0 Å². The number of nitrogens with zero attached hydrogens (tertiary/aromatic N) is 3. The maximum atomic E-state index is 12.3. The molecule has 96 valence electrons. The Balaban J connectivity index is 1.85. The molecule has 1 unspecified atom stereocenters. The van der Waals surface area contributed by atoms with Gasteiger partial charge in [0.1, 0.15) is 0 Å². The number of rotatable bonds is 3. The van der Waals surface area contributed by atoms with Crippen LogP contribution in [0.25, 0.3) is 0 Å². The van der Waals surface area contributed by atoms with Crippen LogP contribution in [0.3, 0.4) is 0 Å². The van der Waals surface area contributed by atoms with Crippen LogP contribution in [-0.2, 0) is 6.18 Å². The van der Waals surface area contributed by atoms with Crippen molar-refractivity contribution in [1.82, 2.24) is 15.1 Å². The molecule has 2 rings (SSSR count). The fourth-order valence-corrected chi connectivity index (χ4v) is 2.45. The van der Waals surface area contributed by atoms with E-state index in [0.29, 0.717) is 23.8 Å². The molecule has 1 fully saturated rings. The molecule has 0 saturated carbocycles. The van der Waals surface area contributed by atoms with Crippen molar-refractivity contribution in [2.24, 2.45) is 5.92 Å². The van der Waals surface area contributed by atoms with E-state index in [9.17, 15) is 13.2 Å². The van der Waals surface area contributed by atoms with Crippen LogP contribution in [0.4, 0.5) is 18.3 Å². The quantitative estimate of drug-likeness (QED) is 0.907. The molecule has 1 atom stereocenters. The van der Waals surface area contributed by atoms with E-state index < -0.39 is 11.2 Å². The van der Waals surface area contributed by atoms with Crippen molar-refractivity contribution in [3.63, 3.8) is 0 Å². The van der Waals surface area contributed by atoms with Crippen LogP contribution in [0.1, 0.15) is 11.4 Å². The van der Waals surface area contributed by atoms with Gasteiger partial charge in [-0.2, -0.15) is 13.2 Å². The lowest BCUT2D eigenvalue weighted by atomic mass is 10.1. The number of anilines is 1. The molecule has 4 nitrogen and oxygen atoms in total. The molecule has 1 saturated heterocycles. The number of likely N-dealkylation sites (tertiary alicyclic amines) is 1. The summed E-state index contributed by atoms with van der Waals surface area (Å²) in [7, 11) is 2.03. The van der Waals surface area contributed by atoms with Crippen LogP contribution in [-0.4, -0.2) is 41.8 Å². The zero-order chi connectivity index (χ0) is 12.5. The van der Waals surface area contributed by atoms with Crippen LogP contribution in [0.15, 0.2) is 0 Å². The molecular formula is C9H13F3N4S. The maximum Gasteiger partial charge on any atom is 0.445 e. The topological polar surface area (TPSA) is 41.0 Å². The van der Waals surface area contributed by atoms with Gasteiger partial charge in [-0.15, -0.1) is 10.2 Å². The predicted octanol–water partition coefficient (Wildman–Crippen LogP) is 1.92. The average Bonchev–Trinajstić information content (AvgIpc) is 2.82. The highest BCUT2D eigenvalue weighted by atomic mass is 32.1. The molecule has 0 aromatic carbocycles. The lowest BCUT2D eigenvalue weighted by molar-refractivity contribution is -0.138. The molecule has 1 N–H and O–H groups in total. The van der Waals surface area contributed by atoms with Crippen molar-refractivity contribution in [3.8, 4) is 0 Å². The fraction of sp³-hybridized carbons (Fsp3) is 0.778. The summed E-state index contributed by atoms with van der Waals surface area (Å²) < 4.78 is 36.8. The lowest BCUT2D eigenvalue weighted by Gasteiger charge is -2.10. The van der Waals surface area contributed by atoms with Gasteiger partial charge in [-0.25, -0.2) is 0 Å². The standard InChI is InChI=1S/C9H13F3N4S/c1-16-3-2-6(5-16)4-13-8-15-14-7(17-8)9(10,11)12/h6H,2-5H2,1H3,(H,13,15). The number of nitrogens with one attached hydrogen (secondary N) is 1. The SMILES string of the molecule is CN1CCC(CNc2nnc(C(F)(F)F)s2)C1. The number of aromatic nitrogens is 2. The van der Waals surface area contributed by atoms with E-state index in [0.717, 1.165) is 19.5 Å². The molecule has 2 heterocycles. The molecule has 0 aliphatic carbocycles. The summed E-state index contributed by atoms with van der Waals surface area (Å²) in [5, 5.41) is 8.87. The van der Waals surface area contributed by atoms with E-state index in [4.69, 9.17) is 0 Å². The Hall–Kier alpha value is -0.890. The van der Waals surface area contributed by atoms with Gasteiger partial charge in [-0.05, 0) is 25.9 Å². The van der Waals surface area contributed by atoms with E-state index >= 15 is 0 Å². The van der Waals surface area contributed by atoms with Crippen molar-refractivity contribution in [1.29, 1.82) is 0 Å². The molecule has 1 aromatic heterocycles. The Kier molecular flexibility index (Phi) is 3.53. The first kappa shape index (κ1) is 12.6. The third kappa shape index (κ3) is 3.29. The summed E-state index contributed by atoms with van der Waals surface area (Å²) in [5.74, 6) is 0.471. The van der Waals surface area contributed by atoms with Crippen LogP contribution in [0.5, 0.6) is 0 Å². The summed E-state index contributed by atoms with van der Waals surface area (Å²) in [6.07, 6.45) is -3.33. The van der Waals surface area contributed by atoms with Crippen molar-refractivity contribution in [2.75, 3.05) is 32.0 Å². The smallest absolute Gasteiger partial charge is 0.360 e. The second-order valence-corrected chi connectivity index (χ2v) is 5.19. The molecular weight excluding hydrogens is 253 g/mol. The zero-order valence-electron chi connectivity index (χ0n) is 9.29. The van der Waals surface area contributed by atoms with Crippen molar-refractivity contribution >= 4 is 16.5 Å². The molecule has 1 aliphatic heterocycles. The molecule has 0 spiro atoms. The number of hydrogen-bond donors (Lipinski definition) is 1. The third-order valence-corrected chi connectivity index (χ3v) is 3.62. The molecule has 0 bridgehead atoms. The minimum atomic E-state index is -4.40. The van der Waals surface area contributed by atoms with Gasteiger partial charge in [-0.3, -0.25) is 0 Å². The highest BCUT2D eigenvalue weighted by Gasteiger charge is 2.35. The van der Waals surface area contributed by atoms with E-state index in [-0.39, 0.29) is 5.13 Å². The molecule has 0 amide bonds. The highest BCUT2D eigenvalue weighted by Crippen LogP contribution is 2.33. The van der Waals surface area contributed by atoms with Crippen LogP contribution in [0.2, 0.25) is 0 Å². The third-order valence-electron chi connectivity index (χ3n) is 2.70. The second kappa shape index (κ2) is 4.77. The molecule has 1 aliphatic rings. The van der Waals surface area contributed by atoms with Crippen LogP contribution < -0.4 is 5.32 Å². The normalized spacial score (nSPS) is 22.0. The number of halogens is 3. The van der Waals surface area contributed by atoms with E-state index in [1.807, 2.05) is 7.05 Å². The van der Waals surface area contributed by atoms with Gasteiger partial charge in [0.25, 0.3) is 0 Å². The first-order valence-corrected chi connectivity index (χ1v) is 6.10. The Labute approximate surface area is 101 Å². The van der Waals surface area contributed by atoms with Gasteiger partial charge in [-0.1, -0.05) is 11.3 Å². The number of hydrogen-bond acceptors (Lipinski definition) is 5. The van der Waals surface area contributed by atoms with E-state index in [1.165, 1.54) is 0 Å². The maximum absolute atomic E-state index is 12.3. The van der Waals surface area contributed by atoms with Crippen molar-refractivity contribution in [3.05, 3.63) is 5.01 Å². The molecule has 1 aromatic rings. The van der Waals surface area contributed by atoms with Crippen LogP contribution in [0, 0.1) is 5.92 Å². The van der Waals surface area contributed by atoms with Crippen molar-refractivity contribution < 1.29 is 13.2 Å². The Bertz CT molecular complexity index is 379. The average molecular weight is 266 g/mol. The number of alkyl halides is 3. The van der Waals surface area contributed by atoms with Gasteiger partial charge >= 0.3 is 6.18 Å². The molecule has 0 radical (unpaired) electrons. The van der Waals surface area contributed by atoms with E-state index in [1.54, 1.807) is 0 Å². The second-order valence-electron chi connectivity index (χ2n) is 4.21. The van der Waals surface area contributed by atoms with Crippen molar-refractivity contribution in [2.45, 2.75) is 12.6 Å². The van der Waals surface area contributed by atoms with Gasteiger partial charge in [0.15, 0.2) is 0 Å². The van der Waals surface area contributed by atoms with Crippen LogP contribution >= 0.6 is 11.3 Å². The Morgan fingerprint density at radius 3 is 2.76 bits per heavy atom. The predicted molar refractivity (Wildman–Crippen MR) is 59.0 cm³/mol. The lowest BCUT2D eigenvalue weighted by Crippen LogP contribution is -2.19. The van der Waals surface area contributed by atoms with E-state index in [2.05, 4.69) is 20.4 Å². The minimum absolute atomic E-state index is 0.242. The largest absolute Gasteiger partial charge is 0.445 e. The molecule has 8 heteroatoms. The summed E-state index contributed by atoms with van der Waals surface area (Å²) >= 11 is 0.552. The van der Waals surface area contributed by atoms with Gasteiger partial charge in [0.2, 0.25) is 10.1 Å². The Morgan fingerprint density at radius 2 is 2.24 bits per heavy atom. The fourth-order valence-electron chi connectivity index (χ4n) is 1.83. The Morgan fingerprint density at radius 1 is 1.47 bits per heavy atom. The molecule has 17 heavy (non-hydrogen) atoms.